The fourth-order valence-corrected chi connectivity index (χ4v) is 4.69. The first-order chi connectivity index (χ1) is 13.9. The Bertz CT molecular complexity index is 905. The molecule has 1 atom stereocenters. The predicted molar refractivity (Wildman–Crippen MR) is 110 cm³/mol. The zero-order chi connectivity index (χ0) is 20.5. The summed E-state index contributed by atoms with van der Waals surface area (Å²) < 4.78 is 20.4. The molecule has 1 N–H and O–H groups in total. The van der Waals surface area contributed by atoms with Crippen LogP contribution in [0.3, 0.4) is 0 Å². The van der Waals surface area contributed by atoms with Gasteiger partial charge in [-0.25, -0.2) is 4.39 Å². The van der Waals surface area contributed by atoms with Gasteiger partial charge in [-0.05, 0) is 74.6 Å². The van der Waals surface area contributed by atoms with Crippen LogP contribution in [-0.4, -0.2) is 28.6 Å². The number of fused-ring (bicyclic) bond motifs is 1. The highest BCUT2D eigenvalue weighted by atomic mass is 19.1. The summed E-state index contributed by atoms with van der Waals surface area (Å²) in [6.45, 7) is 5.00. The van der Waals surface area contributed by atoms with Crippen LogP contribution in [0.25, 0.3) is 0 Å². The fraction of sp³-hybridized carbons (Fsp3) is 0.458. The molecule has 1 aliphatic heterocycles. The van der Waals surface area contributed by atoms with E-state index in [1.165, 1.54) is 0 Å². The number of phenols is 1. The summed E-state index contributed by atoms with van der Waals surface area (Å²) in [5, 5.41) is 9.59. The molecule has 1 amide bonds. The highest BCUT2D eigenvalue weighted by Crippen LogP contribution is 2.35. The van der Waals surface area contributed by atoms with Gasteiger partial charge in [0.1, 0.15) is 17.3 Å². The maximum absolute atomic E-state index is 14.4. The molecular weight excluding hydrogens is 369 g/mol. The first kappa shape index (κ1) is 19.7. The highest BCUT2D eigenvalue weighted by Gasteiger charge is 2.34. The van der Waals surface area contributed by atoms with Gasteiger partial charge in [0.2, 0.25) is 0 Å². The number of benzene rings is 2. The molecule has 0 radical (unpaired) electrons. The van der Waals surface area contributed by atoms with Gasteiger partial charge in [0.15, 0.2) is 0 Å². The van der Waals surface area contributed by atoms with Crippen molar-refractivity contribution in [1.29, 1.82) is 0 Å². The van der Waals surface area contributed by atoms with Gasteiger partial charge in [-0.15, -0.1) is 0 Å². The largest absolute Gasteiger partial charge is 0.508 e. The molecule has 5 heteroatoms. The Morgan fingerprint density at radius 2 is 1.97 bits per heavy atom. The minimum Gasteiger partial charge on any atom is -0.508 e. The summed E-state index contributed by atoms with van der Waals surface area (Å²) in [5.74, 6) is 1.28. The summed E-state index contributed by atoms with van der Waals surface area (Å²) in [7, 11) is 0. The zero-order valence-corrected chi connectivity index (χ0v) is 17.0. The molecule has 0 aromatic heterocycles. The Kier molecular flexibility index (Phi) is 5.48. The number of nitrogens with zero attached hydrogens (tertiary/aromatic N) is 1. The Hall–Kier alpha value is -2.56. The predicted octanol–water partition coefficient (Wildman–Crippen LogP) is 5.07. The highest BCUT2D eigenvalue weighted by molar-refractivity contribution is 5.98. The molecule has 2 aromatic rings. The monoisotopic (exact) mass is 397 g/mol. The van der Waals surface area contributed by atoms with Gasteiger partial charge in [-0.2, -0.15) is 0 Å². The Morgan fingerprint density at radius 3 is 2.69 bits per heavy atom. The number of aromatic hydroxyl groups is 1. The minimum atomic E-state index is -0.364. The van der Waals surface area contributed by atoms with Gasteiger partial charge >= 0.3 is 0 Å². The number of halogens is 1. The number of ether oxygens (including phenoxy) is 1. The molecule has 1 fully saturated rings. The first-order valence-electron chi connectivity index (χ1n) is 10.5. The number of carbonyl (C=O) groups excluding carboxylic acids is 1. The molecule has 2 aromatic carbocycles. The third-order valence-electron chi connectivity index (χ3n) is 6.46. The molecule has 1 heterocycles. The van der Waals surface area contributed by atoms with Gasteiger partial charge in [-0.1, -0.05) is 18.2 Å². The van der Waals surface area contributed by atoms with E-state index in [0.29, 0.717) is 36.2 Å². The molecule has 4 rings (SSSR count). The van der Waals surface area contributed by atoms with Crippen LogP contribution in [0.2, 0.25) is 0 Å². The second kappa shape index (κ2) is 8.05. The van der Waals surface area contributed by atoms with Crippen molar-refractivity contribution in [2.75, 3.05) is 6.54 Å². The second-order valence-corrected chi connectivity index (χ2v) is 8.52. The average molecular weight is 397 g/mol. The topological polar surface area (TPSA) is 49.8 Å². The summed E-state index contributed by atoms with van der Waals surface area (Å²) in [6, 6.07) is 10.5. The lowest BCUT2D eigenvalue weighted by molar-refractivity contribution is 0.0682. The normalized spacial score (nSPS) is 22.4. The molecule has 29 heavy (non-hydrogen) atoms. The lowest BCUT2D eigenvalue weighted by Gasteiger charge is -2.34. The molecule has 2 aliphatic rings. The van der Waals surface area contributed by atoms with Crippen LogP contribution in [0.5, 0.6) is 11.5 Å². The van der Waals surface area contributed by atoms with Crippen LogP contribution in [0.1, 0.15) is 54.1 Å². The third-order valence-corrected chi connectivity index (χ3v) is 6.46. The number of amides is 1. The fourth-order valence-electron chi connectivity index (χ4n) is 4.69. The van der Waals surface area contributed by atoms with Gasteiger partial charge < -0.3 is 14.7 Å². The van der Waals surface area contributed by atoms with Crippen LogP contribution >= 0.6 is 0 Å². The van der Waals surface area contributed by atoms with Crippen LogP contribution in [-0.2, 0) is 6.54 Å². The third kappa shape index (κ3) is 4.09. The van der Waals surface area contributed by atoms with E-state index in [1.54, 1.807) is 31.2 Å². The molecular formula is C24H28FNO3. The van der Waals surface area contributed by atoms with E-state index < -0.39 is 0 Å². The van der Waals surface area contributed by atoms with Gasteiger partial charge in [-0.3, -0.25) is 4.79 Å². The second-order valence-electron chi connectivity index (χ2n) is 8.52. The molecule has 1 aliphatic carbocycles. The van der Waals surface area contributed by atoms with Crippen LogP contribution in [0, 0.1) is 24.6 Å². The van der Waals surface area contributed by atoms with E-state index in [4.69, 9.17) is 4.74 Å². The molecule has 154 valence electrons. The first-order valence-corrected chi connectivity index (χ1v) is 10.5. The quantitative estimate of drug-likeness (QED) is 0.766. The van der Waals surface area contributed by atoms with Crippen LogP contribution in [0.15, 0.2) is 36.4 Å². The van der Waals surface area contributed by atoms with Gasteiger partial charge in [0, 0.05) is 19.2 Å². The molecule has 4 nitrogen and oxygen atoms in total. The number of aryl methyl sites for hydroxylation is 1. The number of phenolic OH excluding ortho intramolecular Hbond substituents is 1. The van der Waals surface area contributed by atoms with E-state index >= 15 is 0 Å². The standard InChI is InChI=1S/C24H28FNO3/c1-15-6-9-19-14-26(24(28)22(19)23(15)25)13-17-7-10-18(11-8-17)16(2)29-21-5-3-4-20(27)12-21/h3-6,9,12,16-18,27H,7-8,10-11,13-14H2,1-2H3. The smallest absolute Gasteiger partial charge is 0.257 e. The summed E-state index contributed by atoms with van der Waals surface area (Å²) in [4.78, 5) is 14.5. The van der Waals surface area contributed by atoms with Crippen molar-refractivity contribution in [2.45, 2.75) is 52.2 Å². The summed E-state index contributed by atoms with van der Waals surface area (Å²) >= 11 is 0. The molecule has 1 unspecified atom stereocenters. The Labute approximate surface area is 171 Å². The Balaban J connectivity index is 1.30. The van der Waals surface area contributed by atoms with Crippen molar-refractivity contribution in [1.82, 2.24) is 4.90 Å². The summed E-state index contributed by atoms with van der Waals surface area (Å²) in [5.41, 5.74) is 1.60. The average Bonchev–Trinajstić information content (AvgIpc) is 3.01. The molecule has 0 bridgehead atoms. The molecule has 0 spiro atoms. The Morgan fingerprint density at radius 1 is 1.21 bits per heavy atom. The van der Waals surface area contributed by atoms with E-state index in [-0.39, 0.29) is 29.1 Å². The summed E-state index contributed by atoms with van der Waals surface area (Å²) in [6.07, 6.45) is 4.26. The lowest BCUT2D eigenvalue weighted by atomic mass is 9.79. The van der Waals surface area contributed by atoms with Crippen LogP contribution in [0.4, 0.5) is 4.39 Å². The van der Waals surface area contributed by atoms with Crippen LogP contribution < -0.4 is 4.74 Å². The lowest BCUT2D eigenvalue weighted by Crippen LogP contribution is -2.34. The number of carbonyl (C=O) groups is 1. The van der Waals surface area contributed by atoms with E-state index in [1.807, 2.05) is 17.0 Å². The van der Waals surface area contributed by atoms with E-state index in [0.717, 1.165) is 31.2 Å². The number of rotatable bonds is 5. The molecule has 0 saturated heterocycles. The maximum atomic E-state index is 14.4. The van der Waals surface area contributed by atoms with Crippen molar-refractivity contribution in [3.63, 3.8) is 0 Å². The number of hydrogen-bond acceptors (Lipinski definition) is 3. The van der Waals surface area contributed by atoms with Crippen molar-refractivity contribution < 1.29 is 19.0 Å². The van der Waals surface area contributed by atoms with Crippen molar-refractivity contribution in [3.05, 3.63) is 58.9 Å². The van der Waals surface area contributed by atoms with Crippen molar-refractivity contribution in [3.8, 4) is 11.5 Å². The minimum absolute atomic E-state index is 0.0764. The maximum Gasteiger partial charge on any atom is 0.257 e. The van der Waals surface area contributed by atoms with E-state index in [9.17, 15) is 14.3 Å². The molecule has 1 saturated carbocycles. The SMILES string of the molecule is Cc1ccc2c(c1F)C(=O)N(CC1CCC(C(C)Oc3cccc(O)c3)CC1)C2. The number of hydrogen-bond donors (Lipinski definition) is 1. The van der Waals surface area contributed by atoms with Crippen molar-refractivity contribution in [2.24, 2.45) is 11.8 Å². The van der Waals surface area contributed by atoms with E-state index in [2.05, 4.69) is 6.92 Å². The zero-order valence-electron chi connectivity index (χ0n) is 17.0. The van der Waals surface area contributed by atoms with Gasteiger partial charge in [0.05, 0.1) is 11.7 Å². The van der Waals surface area contributed by atoms with Gasteiger partial charge in [0.25, 0.3) is 5.91 Å². The van der Waals surface area contributed by atoms with Crippen molar-refractivity contribution >= 4 is 5.91 Å².